The number of nitrogens with one attached hydrogen (secondary N) is 1. The van der Waals surface area contributed by atoms with Crippen LogP contribution in [0, 0.1) is 0 Å². The number of hydrogen-bond acceptors (Lipinski definition) is 5. The quantitative estimate of drug-likeness (QED) is 0.386. The van der Waals surface area contributed by atoms with Gasteiger partial charge in [0.15, 0.2) is 0 Å². The molecule has 3 N–H and O–H groups in total. The van der Waals surface area contributed by atoms with Crippen molar-refractivity contribution >= 4 is 23.1 Å². The molecule has 4 aromatic rings. The number of amides is 1. The van der Waals surface area contributed by atoms with Crippen molar-refractivity contribution in [2.24, 2.45) is 0 Å². The van der Waals surface area contributed by atoms with Crippen LogP contribution >= 0.6 is 11.3 Å². The summed E-state index contributed by atoms with van der Waals surface area (Å²) in [6.07, 6.45) is 1.69. The van der Waals surface area contributed by atoms with Gasteiger partial charge in [-0.05, 0) is 36.1 Å². The topological polar surface area (TPSA) is 81.2 Å². The number of aryl methyl sites for hydroxylation is 1. The van der Waals surface area contributed by atoms with Gasteiger partial charge in [0.1, 0.15) is 11.3 Å². The van der Waals surface area contributed by atoms with Crippen LogP contribution in [0.25, 0.3) is 10.6 Å². The van der Waals surface area contributed by atoms with Crippen LogP contribution in [0.15, 0.2) is 77.3 Å². The molecule has 2 aromatic heterocycles. The van der Waals surface area contributed by atoms with Crippen LogP contribution in [0.4, 0.5) is 5.88 Å². The van der Waals surface area contributed by atoms with Gasteiger partial charge in [-0.15, -0.1) is 11.3 Å². The van der Waals surface area contributed by atoms with Crippen molar-refractivity contribution in [2.75, 3.05) is 12.3 Å². The second-order valence-electron chi connectivity index (χ2n) is 7.31. The molecule has 0 atom stereocenters. The molecule has 2 aromatic carbocycles. The van der Waals surface area contributed by atoms with Crippen LogP contribution in [-0.2, 0) is 6.42 Å². The van der Waals surface area contributed by atoms with Gasteiger partial charge in [0.2, 0.25) is 5.88 Å². The van der Waals surface area contributed by atoms with Gasteiger partial charge in [-0.25, -0.2) is 0 Å². The lowest BCUT2D eigenvalue weighted by Gasteiger charge is -2.18. The van der Waals surface area contributed by atoms with Crippen LogP contribution in [0.3, 0.4) is 0 Å². The molecule has 4 rings (SSSR count). The molecule has 6 heteroatoms. The molecule has 0 saturated carbocycles. The van der Waals surface area contributed by atoms with E-state index in [0.29, 0.717) is 17.8 Å². The molecule has 0 saturated heterocycles. The second kappa shape index (κ2) is 9.62. The van der Waals surface area contributed by atoms with E-state index in [1.165, 1.54) is 16.0 Å². The second-order valence-corrected chi connectivity index (χ2v) is 8.48. The minimum Gasteiger partial charge on any atom is -0.367 e. The van der Waals surface area contributed by atoms with Crippen molar-refractivity contribution in [2.45, 2.75) is 25.7 Å². The Balaban J connectivity index is 1.49. The Morgan fingerprint density at radius 2 is 1.68 bits per heavy atom. The minimum absolute atomic E-state index is 0.0432. The summed E-state index contributed by atoms with van der Waals surface area (Å²) in [4.78, 5) is 15.1. The molecule has 2 heterocycles. The van der Waals surface area contributed by atoms with Gasteiger partial charge in [-0.2, -0.15) is 0 Å². The first-order chi connectivity index (χ1) is 15.2. The van der Waals surface area contributed by atoms with Crippen molar-refractivity contribution in [3.63, 3.8) is 0 Å². The fourth-order valence-corrected chi connectivity index (χ4v) is 4.64. The Labute approximate surface area is 185 Å². The van der Waals surface area contributed by atoms with Gasteiger partial charge < -0.3 is 15.6 Å². The third-order valence-electron chi connectivity index (χ3n) is 5.31. The summed E-state index contributed by atoms with van der Waals surface area (Å²) in [6, 6.07) is 24.7. The number of nitrogens with two attached hydrogens (primary N) is 1. The van der Waals surface area contributed by atoms with E-state index in [2.05, 4.69) is 41.7 Å². The third-order valence-corrected chi connectivity index (χ3v) is 6.55. The van der Waals surface area contributed by atoms with Crippen molar-refractivity contribution in [1.82, 2.24) is 10.5 Å². The SMILES string of the molecule is CCc1ccc(-c2noc(N)c2C(=O)NCCC(c2ccccc2)c2ccccc2)s1. The molecule has 0 fully saturated rings. The number of hydrogen-bond donors (Lipinski definition) is 2. The number of carbonyl (C=O) groups excluding carboxylic acids is 1. The average Bonchev–Trinajstić information content (AvgIpc) is 3.44. The van der Waals surface area contributed by atoms with Crippen molar-refractivity contribution in [1.29, 1.82) is 0 Å². The highest BCUT2D eigenvalue weighted by atomic mass is 32.1. The van der Waals surface area contributed by atoms with E-state index in [4.69, 9.17) is 10.3 Å². The molecule has 0 bridgehead atoms. The Morgan fingerprint density at radius 3 is 2.26 bits per heavy atom. The molecular formula is C25H25N3O2S. The summed E-state index contributed by atoms with van der Waals surface area (Å²) in [5.41, 5.74) is 9.20. The number of aromatic nitrogens is 1. The minimum atomic E-state index is -0.264. The number of benzene rings is 2. The highest BCUT2D eigenvalue weighted by Gasteiger charge is 2.24. The molecule has 0 unspecified atom stereocenters. The summed E-state index contributed by atoms with van der Waals surface area (Å²) in [7, 11) is 0. The molecule has 0 spiro atoms. The Bertz CT molecular complexity index is 1100. The molecule has 158 valence electrons. The number of carbonyl (C=O) groups is 1. The van der Waals surface area contributed by atoms with Crippen molar-refractivity contribution < 1.29 is 9.32 Å². The number of nitrogens with zero attached hydrogens (tertiary/aromatic N) is 1. The molecule has 0 aliphatic carbocycles. The maximum Gasteiger partial charge on any atom is 0.259 e. The van der Waals surface area contributed by atoms with Gasteiger partial charge in [-0.3, -0.25) is 4.79 Å². The zero-order valence-corrected chi connectivity index (χ0v) is 18.2. The predicted molar refractivity (Wildman–Crippen MR) is 125 cm³/mol. The van der Waals surface area contributed by atoms with E-state index in [1.54, 1.807) is 11.3 Å². The summed E-state index contributed by atoms with van der Waals surface area (Å²) >= 11 is 1.60. The summed E-state index contributed by atoms with van der Waals surface area (Å²) in [5, 5.41) is 7.06. The van der Waals surface area contributed by atoms with Gasteiger partial charge in [0, 0.05) is 17.3 Å². The maximum atomic E-state index is 13.0. The smallest absolute Gasteiger partial charge is 0.259 e. The van der Waals surface area contributed by atoms with E-state index < -0.39 is 0 Å². The van der Waals surface area contributed by atoms with Crippen LogP contribution in [-0.4, -0.2) is 17.6 Å². The molecule has 31 heavy (non-hydrogen) atoms. The largest absolute Gasteiger partial charge is 0.367 e. The summed E-state index contributed by atoms with van der Waals surface area (Å²) in [6.45, 7) is 2.60. The highest BCUT2D eigenvalue weighted by Crippen LogP contribution is 2.33. The van der Waals surface area contributed by atoms with E-state index >= 15 is 0 Å². The molecular weight excluding hydrogens is 406 g/mol. The van der Waals surface area contributed by atoms with Crippen LogP contribution in [0.1, 0.15) is 45.6 Å². The van der Waals surface area contributed by atoms with E-state index in [1.807, 2.05) is 48.5 Å². The molecule has 5 nitrogen and oxygen atoms in total. The predicted octanol–water partition coefficient (Wildman–Crippen LogP) is 5.50. The average molecular weight is 432 g/mol. The fourth-order valence-electron chi connectivity index (χ4n) is 3.70. The van der Waals surface area contributed by atoms with Gasteiger partial charge in [0.05, 0.1) is 4.88 Å². The van der Waals surface area contributed by atoms with E-state index in [9.17, 15) is 4.79 Å². The molecule has 0 aliphatic heterocycles. The van der Waals surface area contributed by atoms with Gasteiger partial charge in [0.25, 0.3) is 5.91 Å². The zero-order chi connectivity index (χ0) is 21.6. The lowest BCUT2D eigenvalue weighted by Crippen LogP contribution is -2.26. The lowest BCUT2D eigenvalue weighted by atomic mass is 9.88. The third kappa shape index (κ3) is 4.70. The van der Waals surface area contributed by atoms with Crippen LogP contribution < -0.4 is 11.1 Å². The van der Waals surface area contributed by atoms with Crippen LogP contribution in [0.5, 0.6) is 0 Å². The number of anilines is 1. The Kier molecular flexibility index (Phi) is 6.48. The van der Waals surface area contributed by atoms with E-state index in [0.717, 1.165) is 17.7 Å². The summed E-state index contributed by atoms with van der Waals surface area (Å²) < 4.78 is 5.15. The molecule has 0 radical (unpaired) electrons. The maximum absolute atomic E-state index is 13.0. The zero-order valence-electron chi connectivity index (χ0n) is 17.4. The lowest BCUT2D eigenvalue weighted by molar-refractivity contribution is 0.0954. The summed E-state index contributed by atoms with van der Waals surface area (Å²) in [5.74, 6) is -0.0342. The first-order valence-corrected chi connectivity index (χ1v) is 11.2. The van der Waals surface area contributed by atoms with Crippen molar-refractivity contribution in [3.05, 3.63) is 94.4 Å². The Morgan fingerprint density at radius 1 is 1.03 bits per heavy atom. The normalized spacial score (nSPS) is 11.0. The number of thiophene rings is 1. The fraction of sp³-hybridized carbons (Fsp3) is 0.200. The van der Waals surface area contributed by atoms with Gasteiger partial charge in [-0.1, -0.05) is 72.7 Å². The van der Waals surface area contributed by atoms with Crippen LogP contribution in [0.2, 0.25) is 0 Å². The highest BCUT2D eigenvalue weighted by molar-refractivity contribution is 7.15. The first kappa shape index (κ1) is 20.9. The van der Waals surface area contributed by atoms with E-state index in [-0.39, 0.29) is 17.7 Å². The van der Waals surface area contributed by atoms with Gasteiger partial charge >= 0.3 is 0 Å². The number of nitrogen functional groups attached to an aromatic ring is 1. The molecule has 0 aliphatic rings. The monoisotopic (exact) mass is 431 g/mol. The number of rotatable bonds is 8. The molecule has 1 amide bonds. The Hall–Kier alpha value is -3.38. The first-order valence-electron chi connectivity index (χ1n) is 10.4. The standard InChI is InChI=1S/C25H25N3O2S/c1-2-19-13-14-21(31-19)23-22(24(26)30-28-23)25(29)27-16-15-20(17-9-5-3-6-10-17)18-11-7-4-8-12-18/h3-14,20H,2,15-16,26H2,1H3,(H,27,29). The van der Waals surface area contributed by atoms with Crippen molar-refractivity contribution in [3.8, 4) is 10.6 Å².